The van der Waals surface area contributed by atoms with Crippen LogP contribution in [0.25, 0.3) is 0 Å². The minimum atomic E-state index is 0.0146. The molecular weight excluding hydrogens is 262 g/mol. The van der Waals surface area contributed by atoms with Crippen molar-refractivity contribution >= 4 is 11.5 Å². The summed E-state index contributed by atoms with van der Waals surface area (Å²) in [5, 5.41) is 3.34. The van der Waals surface area contributed by atoms with E-state index in [9.17, 15) is 4.79 Å². The maximum absolute atomic E-state index is 12.7. The van der Waals surface area contributed by atoms with Gasteiger partial charge < -0.3 is 10.1 Å². The average molecular weight is 283 g/mol. The van der Waals surface area contributed by atoms with Gasteiger partial charge in [-0.3, -0.25) is 4.79 Å². The van der Waals surface area contributed by atoms with E-state index in [0.717, 1.165) is 17.0 Å². The minimum absolute atomic E-state index is 0.0146. The molecule has 0 atom stereocenters. The number of hydrogen-bond acceptors (Lipinski definition) is 3. The number of ether oxygens (including phenoxy) is 1. The SMILES string of the molecule is COc1ccc(C(=O)c2ccc(C)cc2NC(C)C)cc1. The third-order valence-electron chi connectivity index (χ3n) is 3.22. The van der Waals surface area contributed by atoms with Crippen LogP contribution in [0.4, 0.5) is 5.69 Å². The van der Waals surface area contributed by atoms with Crippen molar-refractivity contribution in [1.82, 2.24) is 0 Å². The molecule has 0 aromatic heterocycles. The van der Waals surface area contributed by atoms with Gasteiger partial charge in [-0.05, 0) is 62.7 Å². The molecule has 2 aromatic rings. The quantitative estimate of drug-likeness (QED) is 0.841. The second-order valence-corrected chi connectivity index (χ2v) is 5.41. The van der Waals surface area contributed by atoms with Crippen LogP contribution in [0.15, 0.2) is 42.5 Å². The van der Waals surface area contributed by atoms with Crippen molar-refractivity contribution in [3.63, 3.8) is 0 Å². The van der Waals surface area contributed by atoms with Gasteiger partial charge in [0.1, 0.15) is 5.75 Å². The number of carbonyl (C=O) groups excluding carboxylic acids is 1. The summed E-state index contributed by atoms with van der Waals surface area (Å²) in [6.07, 6.45) is 0. The van der Waals surface area contributed by atoms with Crippen molar-refractivity contribution in [1.29, 1.82) is 0 Å². The van der Waals surface area contributed by atoms with Crippen LogP contribution >= 0.6 is 0 Å². The van der Waals surface area contributed by atoms with E-state index in [0.29, 0.717) is 11.1 Å². The molecular formula is C18H21NO2. The third kappa shape index (κ3) is 3.63. The molecule has 2 aromatic carbocycles. The van der Waals surface area contributed by atoms with Gasteiger partial charge in [-0.15, -0.1) is 0 Å². The summed E-state index contributed by atoms with van der Waals surface area (Å²) >= 11 is 0. The molecule has 0 heterocycles. The molecule has 0 fully saturated rings. The van der Waals surface area contributed by atoms with E-state index in [1.54, 1.807) is 31.4 Å². The highest BCUT2D eigenvalue weighted by Crippen LogP contribution is 2.23. The number of nitrogens with one attached hydrogen (secondary N) is 1. The number of anilines is 1. The Kier molecular flexibility index (Phi) is 4.63. The molecule has 0 amide bonds. The molecule has 1 N–H and O–H groups in total. The lowest BCUT2D eigenvalue weighted by molar-refractivity contribution is 0.103. The van der Waals surface area contributed by atoms with Crippen LogP contribution in [-0.2, 0) is 0 Å². The standard InChI is InChI=1S/C18H21NO2/c1-12(2)19-17-11-13(3)5-10-16(17)18(20)14-6-8-15(21-4)9-7-14/h5-12,19H,1-4H3. The Labute approximate surface area is 126 Å². The molecule has 0 spiro atoms. The molecule has 0 radical (unpaired) electrons. The molecule has 0 saturated carbocycles. The van der Waals surface area contributed by atoms with Crippen molar-refractivity contribution < 1.29 is 9.53 Å². The third-order valence-corrected chi connectivity index (χ3v) is 3.22. The van der Waals surface area contributed by atoms with Crippen molar-refractivity contribution in [3.8, 4) is 5.75 Å². The number of ketones is 1. The van der Waals surface area contributed by atoms with E-state index < -0.39 is 0 Å². The first-order chi connectivity index (χ1) is 10.0. The number of benzene rings is 2. The van der Waals surface area contributed by atoms with E-state index in [4.69, 9.17) is 4.74 Å². The Balaban J connectivity index is 2.37. The lowest BCUT2D eigenvalue weighted by Gasteiger charge is -2.15. The van der Waals surface area contributed by atoms with Gasteiger partial charge in [-0.2, -0.15) is 0 Å². The Hall–Kier alpha value is -2.29. The smallest absolute Gasteiger partial charge is 0.195 e. The van der Waals surface area contributed by atoms with Crippen LogP contribution in [0.2, 0.25) is 0 Å². The van der Waals surface area contributed by atoms with E-state index >= 15 is 0 Å². The minimum Gasteiger partial charge on any atom is -0.497 e. The number of rotatable bonds is 5. The number of methoxy groups -OCH3 is 1. The number of carbonyl (C=O) groups is 1. The van der Waals surface area contributed by atoms with Crippen molar-refractivity contribution in [2.45, 2.75) is 26.8 Å². The molecule has 0 aliphatic heterocycles. The monoisotopic (exact) mass is 283 g/mol. The molecule has 0 aliphatic rings. The average Bonchev–Trinajstić information content (AvgIpc) is 2.46. The van der Waals surface area contributed by atoms with Crippen LogP contribution in [-0.4, -0.2) is 18.9 Å². The maximum atomic E-state index is 12.7. The van der Waals surface area contributed by atoms with Gasteiger partial charge in [0.25, 0.3) is 0 Å². The first-order valence-corrected chi connectivity index (χ1v) is 7.07. The zero-order valence-corrected chi connectivity index (χ0v) is 12.9. The molecule has 110 valence electrons. The van der Waals surface area contributed by atoms with Crippen molar-refractivity contribution in [2.75, 3.05) is 12.4 Å². The summed E-state index contributed by atoms with van der Waals surface area (Å²) in [4.78, 5) is 12.7. The fraction of sp³-hybridized carbons (Fsp3) is 0.278. The molecule has 0 bridgehead atoms. The van der Waals surface area contributed by atoms with Gasteiger partial charge in [0.15, 0.2) is 5.78 Å². The second kappa shape index (κ2) is 6.44. The lowest BCUT2D eigenvalue weighted by atomic mass is 9.99. The maximum Gasteiger partial charge on any atom is 0.195 e. The Bertz CT molecular complexity index is 630. The topological polar surface area (TPSA) is 38.3 Å². The lowest BCUT2D eigenvalue weighted by Crippen LogP contribution is -2.14. The fourth-order valence-corrected chi connectivity index (χ4v) is 2.18. The number of aryl methyl sites for hydroxylation is 1. The van der Waals surface area contributed by atoms with E-state index in [2.05, 4.69) is 19.2 Å². The summed E-state index contributed by atoms with van der Waals surface area (Å²) in [7, 11) is 1.61. The summed E-state index contributed by atoms with van der Waals surface area (Å²) in [6.45, 7) is 6.14. The van der Waals surface area contributed by atoms with E-state index in [1.807, 2.05) is 25.1 Å². The molecule has 3 heteroatoms. The highest BCUT2D eigenvalue weighted by atomic mass is 16.5. The molecule has 3 nitrogen and oxygen atoms in total. The van der Waals surface area contributed by atoms with Gasteiger partial charge in [0.2, 0.25) is 0 Å². The normalized spacial score (nSPS) is 10.5. The molecule has 0 saturated heterocycles. The summed E-state index contributed by atoms with van der Waals surface area (Å²) in [5.74, 6) is 0.761. The van der Waals surface area contributed by atoms with E-state index in [1.165, 1.54) is 0 Å². The zero-order chi connectivity index (χ0) is 15.4. The Morgan fingerprint density at radius 3 is 2.33 bits per heavy atom. The van der Waals surface area contributed by atoms with Gasteiger partial charge in [0, 0.05) is 22.9 Å². The summed E-state index contributed by atoms with van der Waals surface area (Å²) < 4.78 is 5.12. The van der Waals surface area contributed by atoms with Crippen molar-refractivity contribution in [2.24, 2.45) is 0 Å². The second-order valence-electron chi connectivity index (χ2n) is 5.41. The molecule has 0 unspecified atom stereocenters. The first-order valence-electron chi connectivity index (χ1n) is 7.07. The molecule has 2 rings (SSSR count). The Morgan fingerprint density at radius 2 is 1.76 bits per heavy atom. The molecule has 0 aliphatic carbocycles. The summed E-state index contributed by atoms with van der Waals surface area (Å²) in [6, 6.07) is 13.3. The van der Waals surface area contributed by atoms with E-state index in [-0.39, 0.29) is 11.8 Å². The highest BCUT2D eigenvalue weighted by Gasteiger charge is 2.14. The largest absolute Gasteiger partial charge is 0.497 e. The predicted molar refractivity (Wildman–Crippen MR) is 86.4 cm³/mol. The number of hydrogen-bond donors (Lipinski definition) is 1. The van der Waals surface area contributed by atoms with Gasteiger partial charge >= 0.3 is 0 Å². The van der Waals surface area contributed by atoms with Gasteiger partial charge in [0.05, 0.1) is 7.11 Å². The highest BCUT2D eigenvalue weighted by molar-refractivity contribution is 6.12. The first kappa shape index (κ1) is 15.1. The van der Waals surface area contributed by atoms with Gasteiger partial charge in [-0.1, -0.05) is 6.07 Å². The molecule has 21 heavy (non-hydrogen) atoms. The predicted octanol–water partition coefficient (Wildman–Crippen LogP) is 4.05. The van der Waals surface area contributed by atoms with Crippen LogP contribution in [0.1, 0.15) is 35.3 Å². The van der Waals surface area contributed by atoms with Crippen LogP contribution < -0.4 is 10.1 Å². The fourth-order valence-electron chi connectivity index (χ4n) is 2.18. The van der Waals surface area contributed by atoms with Crippen molar-refractivity contribution in [3.05, 3.63) is 59.2 Å². The van der Waals surface area contributed by atoms with Crippen LogP contribution in [0.3, 0.4) is 0 Å². The zero-order valence-electron chi connectivity index (χ0n) is 12.9. The Morgan fingerprint density at radius 1 is 1.10 bits per heavy atom. The van der Waals surface area contributed by atoms with Gasteiger partial charge in [-0.25, -0.2) is 0 Å². The van der Waals surface area contributed by atoms with Crippen LogP contribution in [0, 0.1) is 6.92 Å². The summed E-state index contributed by atoms with van der Waals surface area (Å²) in [5.41, 5.74) is 3.36. The van der Waals surface area contributed by atoms with Crippen LogP contribution in [0.5, 0.6) is 5.75 Å².